The molecular weight excluding hydrogens is 544 g/mol. The van der Waals surface area contributed by atoms with Crippen molar-refractivity contribution >= 4 is 17.8 Å². The van der Waals surface area contributed by atoms with Crippen LogP contribution in [-0.4, -0.2) is 105 Å². The van der Waals surface area contributed by atoms with Crippen LogP contribution in [0.1, 0.15) is 33.3 Å². The molecule has 0 aromatic carbocycles. The lowest BCUT2D eigenvalue weighted by atomic mass is 10.0. The van der Waals surface area contributed by atoms with E-state index >= 15 is 0 Å². The van der Waals surface area contributed by atoms with E-state index in [4.69, 9.17) is 24.2 Å². The summed E-state index contributed by atoms with van der Waals surface area (Å²) >= 11 is 0. The fraction of sp³-hybridized carbons (Fsp3) is 0.545. The van der Waals surface area contributed by atoms with Crippen molar-refractivity contribution in [2.75, 3.05) is 39.8 Å². The van der Waals surface area contributed by atoms with E-state index < -0.39 is 24.3 Å². The minimum absolute atomic E-state index is 0.0568. The maximum atomic E-state index is 12.9. The molecule has 0 spiro atoms. The smallest absolute Gasteiger partial charge is 0.475 e. The summed E-state index contributed by atoms with van der Waals surface area (Å²) in [4.78, 5) is 37.2. The van der Waals surface area contributed by atoms with Crippen molar-refractivity contribution in [1.82, 2.24) is 24.9 Å². The van der Waals surface area contributed by atoms with Crippen LogP contribution in [0.15, 0.2) is 16.5 Å². The minimum atomic E-state index is -5.08. The van der Waals surface area contributed by atoms with Crippen molar-refractivity contribution in [3.63, 3.8) is 0 Å². The molecule has 1 amide bonds. The Labute approximate surface area is 217 Å². The van der Waals surface area contributed by atoms with Crippen molar-refractivity contribution < 1.29 is 55.4 Å². The number of halogens is 6. The van der Waals surface area contributed by atoms with Gasteiger partial charge in [0.15, 0.2) is 5.69 Å². The Morgan fingerprint density at radius 3 is 1.97 bits per heavy atom. The highest BCUT2D eigenvalue weighted by Gasteiger charge is 2.39. The molecule has 2 aliphatic rings. The number of aromatic nitrogens is 2. The third-order valence-corrected chi connectivity index (χ3v) is 5.67. The lowest BCUT2D eigenvalue weighted by Gasteiger charge is -2.32. The largest absolute Gasteiger partial charge is 0.490 e. The summed E-state index contributed by atoms with van der Waals surface area (Å²) in [6.45, 7) is 7.78. The first-order chi connectivity index (χ1) is 18.0. The van der Waals surface area contributed by atoms with Gasteiger partial charge in [-0.1, -0.05) is 0 Å². The molecule has 2 aromatic heterocycles. The lowest BCUT2D eigenvalue weighted by Crippen LogP contribution is -2.47. The van der Waals surface area contributed by atoms with Gasteiger partial charge in [0, 0.05) is 56.9 Å². The first-order valence-electron chi connectivity index (χ1n) is 11.4. The number of rotatable bonds is 3. The summed E-state index contributed by atoms with van der Waals surface area (Å²) in [7, 11) is 2.09. The number of likely N-dealkylation sites (N-methyl/N-ethyl adjacent to an activating group) is 1. The van der Waals surface area contributed by atoms with Crippen LogP contribution in [0.3, 0.4) is 0 Å². The molecule has 4 heterocycles. The summed E-state index contributed by atoms with van der Waals surface area (Å²) in [5, 5.41) is 21.7. The second kappa shape index (κ2) is 13.0. The van der Waals surface area contributed by atoms with Gasteiger partial charge in [0.1, 0.15) is 11.5 Å². The molecule has 0 radical (unpaired) electrons. The lowest BCUT2D eigenvalue weighted by molar-refractivity contribution is -0.193. The Morgan fingerprint density at radius 2 is 1.51 bits per heavy atom. The molecule has 4 rings (SSSR count). The molecule has 0 bridgehead atoms. The monoisotopic (exact) mass is 571 g/mol. The number of H-pyrrole nitrogens is 1. The van der Waals surface area contributed by atoms with Gasteiger partial charge in [-0.05, 0) is 26.1 Å². The second-order valence-corrected chi connectivity index (χ2v) is 8.70. The van der Waals surface area contributed by atoms with Crippen LogP contribution in [0.2, 0.25) is 0 Å². The van der Waals surface area contributed by atoms with Gasteiger partial charge in [-0.15, -0.1) is 0 Å². The highest BCUT2D eigenvalue weighted by molar-refractivity contribution is 5.94. The number of carbonyl (C=O) groups excluding carboxylic acids is 1. The third kappa shape index (κ3) is 9.58. The maximum Gasteiger partial charge on any atom is 0.490 e. The summed E-state index contributed by atoms with van der Waals surface area (Å²) in [6, 6.07) is 4.02. The van der Waals surface area contributed by atoms with Gasteiger partial charge in [-0.3, -0.25) is 14.8 Å². The molecule has 2 aliphatic heterocycles. The van der Waals surface area contributed by atoms with Gasteiger partial charge in [-0.2, -0.15) is 31.4 Å². The first kappa shape index (κ1) is 31.6. The average molecular weight is 571 g/mol. The second-order valence-electron chi connectivity index (χ2n) is 8.70. The fourth-order valence-corrected chi connectivity index (χ4v) is 3.61. The summed E-state index contributed by atoms with van der Waals surface area (Å²) < 4.78 is 69.2. The predicted octanol–water partition coefficient (Wildman–Crippen LogP) is 2.52. The van der Waals surface area contributed by atoms with Crippen molar-refractivity contribution in [1.29, 1.82) is 0 Å². The van der Waals surface area contributed by atoms with Crippen molar-refractivity contribution in [3.8, 4) is 0 Å². The number of aryl methyl sites for hydroxylation is 1. The number of carboxylic acids is 2. The average Bonchev–Trinajstić information content (AvgIpc) is 3.44. The van der Waals surface area contributed by atoms with E-state index in [1.165, 1.54) is 0 Å². The number of nitrogens with one attached hydrogen (secondary N) is 1. The zero-order valence-corrected chi connectivity index (χ0v) is 20.9. The number of aliphatic carboxylic acids is 2. The van der Waals surface area contributed by atoms with E-state index in [9.17, 15) is 31.1 Å². The molecule has 2 aromatic rings. The number of carbonyl (C=O) groups is 3. The van der Waals surface area contributed by atoms with Gasteiger partial charge < -0.3 is 24.4 Å². The highest BCUT2D eigenvalue weighted by Crippen LogP contribution is 2.24. The topological polar surface area (TPSA) is 143 Å². The molecule has 11 nitrogen and oxygen atoms in total. The van der Waals surface area contributed by atoms with Crippen molar-refractivity contribution in [2.24, 2.45) is 0 Å². The van der Waals surface area contributed by atoms with E-state index in [1.54, 1.807) is 0 Å². The molecular formula is C22H27F6N5O6. The van der Waals surface area contributed by atoms with Crippen LogP contribution in [-0.2, 0) is 29.1 Å². The van der Waals surface area contributed by atoms with Gasteiger partial charge in [0.05, 0.1) is 6.54 Å². The van der Waals surface area contributed by atoms with Crippen LogP contribution in [0, 0.1) is 6.92 Å². The molecule has 0 atom stereocenters. The Balaban J connectivity index is 0.000000317. The number of nitrogens with zero attached hydrogens (tertiary/aromatic N) is 4. The number of amides is 1. The predicted molar refractivity (Wildman–Crippen MR) is 121 cm³/mol. The van der Waals surface area contributed by atoms with Crippen LogP contribution >= 0.6 is 0 Å². The summed E-state index contributed by atoms with van der Waals surface area (Å²) in [6.07, 6.45) is -9.28. The number of furan rings is 1. The number of hydrogen-bond donors (Lipinski definition) is 3. The van der Waals surface area contributed by atoms with Crippen LogP contribution < -0.4 is 0 Å². The van der Waals surface area contributed by atoms with Crippen molar-refractivity contribution in [3.05, 3.63) is 40.6 Å². The normalized spacial score (nSPS) is 16.4. The number of piperazine rings is 1. The summed E-state index contributed by atoms with van der Waals surface area (Å²) in [5.41, 5.74) is 2.75. The highest BCUT2D eigenvalue weighted by atomic mass is 19.4. The van der Waals surface area contributed by atoms with Gasteiger partial charge in [0.25, 0.3) is 5.91 Å². The zero-order valence-electron chi connectivity index (χ0n) is 20.9. The quantitative estimate of drug-likeness (QED) is 0.474. The first-order valence-corrected chi connectivity index (χ1v) is 11.4. The Hall–Kier alpha value is -3.60. The van der Waals surface area contributed by atoms with Crippen LogP contribution in [0.25, 0.3) is 0 Å². The van der Waals surface area contributed by atoms with Gasteiger partial charge >= 0.3 is 24.3 Å². The van der Waals surface area contributed by atoms with E-state index in [2.05, 4.69) is 27.0 Å². The Bertz CT molecular complexity index is 1110. The zero-order chi connectivity index (χ0) is 29.5. The molecule has 0 aliphatic carbocycles. The molecule has 17 heteroatoms. The summed E-state index contributed by atoms with van der Waals surface area (Å²) in [5.74, 6) is -3.56. The Morgan fingerprint density at radius 1 is 0.974 bits per heavy atom. The van der Waals surface area contributed by atoms with Gasteiger partial charge in [0.2, 0.25) is 0 Å². The fourth-order valence-electron chi connectivity index (χ4n) is 3.61. The Kier molecular flexibility index (Phi) is 10.5. The minimum Gasteiger partial charge on any atom is -0.475 e. The molecule has 3 N–H and O–H groups in total. The molecule has 0 unspecified atom stereocenters. The molecule has 1 saturated heterocycles. The maximum absolute atomic E-state index is 12.9. The molecule has 39 heavy (non-hydrogen) atoms. The number of alkyl halides is 6. The van der Waals surface area contributed by atoms with Crippen LogP contribution in [0.5, 0.6) is 0 Å². The third-order valence-electron chi connectivity index (χ3n) is 5.67. The van der Waals surface area contributed by atoms with E-state index in [0.29, 0.717) is 5.69 Å². The molecule has 0 saturated carbocycles. The molecule has 1 fully saturated rings. The number of hydrogen-bond acceptors (Lipinski definition) is 7. The number of carboxylic acid groups (broad SMARTS) is 2. The van der Waals surface area contributed by atoms with E-state index in [0.717, 1.165) is 75.0 Å². The van der Waals surface area contributed by atoms with Gasteiger partial charge in [-0.25, -0.2) is 9.59 Å². The SMILES string of the molecule is Cc1ccc(CN2CCc3[nH]nc(C(=O)N4CCN(C)CC4)c3C2)o1.O=C(O)C(F)(F)F.O=C(O)C(F)(F)F. The van der Waals surface area contributed by atoms with E-state index in [1.807, 2.05) is 24.0 Å². The van der Waals surface area contributed by atoms with Crippen molar-refractivity contribution in [2.45, 2.75) is 38.8 Å². The number of aromatic amines is 1. The van der Waals surface area contributed by atoms with Crippen LogP contribution in [0.4, 0.5) is 26.3 Å². The standard InChI is InChI=1S/C18H25N5O2.2C2HF3O2/c1-13-3-4-14(25-13)11-22-6-5-16-15(12-22)17(20-19-16)18(24)23-9-7-21(2)8-10-23;2*3-2(4,5)1(6)7/h3-4H,5-12H2,1-2H3,(H,19,20);2*(H,6,7). The van der Waals surface area contributed by atoms with E-state index in [-0.39, 0.29) is 5.91 Å². The number of fused-ring (bicyclic) bond motifs is 1. The molecule has 218 valence electrons.